The summed E-state index contributed by atoms with van der Waals surface area (Å²) in [5, 5.41) is 4.58. The minimum atomic E-state index is -0.446. The summed E-state index contributed by atoms with van der Waals surface area (Å²) in [6.45, 7) is 5.61. The summed E-state index contributed by atoms with van der Waals surface area (Å²) in [6.07, 6.45) is 3.64. The molecule has 1 saturated heterocycles. The van der Waals surface area contributed by atoms with Crippen molar-refractivity contribution in [3.8, 4) is 11.3 Å². The standard InChI is InChI=1S/C23H22ClFN6O/c1-13-14(2)28-23-19(27-13)9-21(29-22(23)17-5-4-16(24)8-18(17)25)31-6-7-32-20(12-31)15-10-26-30(3)11-15/h4-5,8-11,20H,6-7,12H2,1-3H3/t20-/m0/s1. The number of aromatic nitrogens is 5. The lowest BCUT2D eigenvalue weighted by Crippen LogP contribution is -2.38. The van der Waals surface area contributed by atoms with Crippen molar-refractivity contribution in [2.24, 2.45) is 7.05 Å². The van der Waals surface area contributed by atoms with Crippen molar-refractivity contribution in [3.63, 3.8) is 0 Å². The maximum Gasteiger partial charge on any atom is 0.134 e. The van der Waals surface area contributed by atoms with Crippen LogP contribution in [0.3, 0.4) is 0 Å². The van der Waals surface area contributed by atoms with Crippen LogP contribution in [-0.2, 0) is 11.8 Å². The van der Waals surface area contributed by atoms with Crippen LogP contribution < -0.4 is 4.90 Å². The number of halogens is 2. The number of benzene rings is 1. The Hall–Kier alpha value is -3.10. The lowest BCUT2D eigenvalue weighted by molar-refractivity contribution is 0.0395. The molecule has 164 valence electrons. The summed E-state index contributed by atoms with van der Waals surface area (Å²) in [6, 6.07) is 6.50. The molecule has 1 aliphatic heterocycles. The van der Waals surface area contributed by atoms with Gasteiger partial charge in [0.15, 0.2) is 0 Å². The zero-order valence-electron chi connectivity index (χ0n) is 18.0. The Labute approximate surface area is 189 Å². The Balaban J connectivity index is 1.62. The van der Waals surface area contributed by atoms with Crippen molar-refractivity contribution >= 4 is 28.5 Å². The topological polar surface area (TPSA) is 69.0 Å². The molecule has 7 nitrogen and oxygen atoms in total. The summed E-state index contributed by atoms with van der Waals surface area (Å²) < 4.78 is 22.6. The minimum absolute atomic E-state index is 0.128. The van der Waals surface area contributed by atoms with E-state index in [9.17, 15) is 4.39 Å². The van der Waals surface area contributed by atoms with Gasteiger partial charge in [0.25, 0.3) is 0 Å². The Bertz CT molecular complexity index is 1320. The van der Waals surface area contributed by atoms with Crippen LogP contribution >= 0.6 is 11.6 Å². The molecule has 1 aliphatic rings. The van der Waals surface area contributed by atoms with Crippen LogP contribution in [0.1, 0.15) is 23.1 Å². The van der Waals surface area contributed by atoms with Gasteiger partial charge >= 0.3 is 0 Å². The molecule has 3 aromatic heterocycles. The fourth-order valence-corrected chi connectivity index (χ4v) is 4.07. The smallest absolute Gasteiger partial charge is 0.134 e. The third kappa shape index (κ3) is 3.80. The summed E-state index contributed by atoms with van der Waals surface area (Å²) in [4.78, 5) is 16.4. The first-order valence-electron chi connectivity index (χ1n) is 10.4. The number of nitrogens with zero attached hydrogens (tertiary/aromatic N) is 6. The highest BCUT2D eigenvalue weighted by Crippen LogP contribution is 2.33. The number of pyridine rings is 1. The predicted molar refractivity (Wildman–Crippen MR) is 121 cm³/mol. The van der Waals surface area contributed by atoms with E-state index < -0.39 is 5.82 Å². The molecule has 5 rings (SSSR count). The first-order chi connectivity index (χ1) is 15.4. The molecule has 0 radical (unpaired) electrons. The van der Waals surface area contributed by atoms with E-state index in [1.165, 1.54) is 6.07 Å². The molecule has 1 aromatic carbocycles. The normalized spacial score (nSPS) is 16.7. The number of hydrogen-bond donors (Lipinski definition) is 0. The zero-order chi connectivity index (χ0) is 22.4. The van der Waals surface area contributed by atoms with E-state index in [1.54, 1.807) is 16.8 Å². The molecule has 0 bridgehead atoms. The average molecular weight is 453 g/mol. The molecular formula is C23H22ClFN6O. The Kier molecular flexibility index (Phi) is 5.27. The maximum atomic E-state index is 14.9. The van der Waals surface area contributed by atoms with E-state index in [1.807, 2.05) is 39.4 Å². The Morgan fingerprint density at radius 3 is 2.69 bits per heavy atom. The number of aryl methyl sites for hydroxylation is 3. The van der Waals surface area contributed by atoms with Gasteiger partial charge in [0.05, 0.1) is 29.7 Å². The second-order valence-electron chi connectivity index (χ2n) is 7.97. The van der Waals surface area contributed by atoms with Crippen LogP contribution in [0.25, 0.3) is 22.3 Å². The van der Waals surface area contributed by atoms with Gasteiger partial charge in [-0.2, -0.15) is 5.10 Å². The van der Waals surface area contributed by atoms with Crippen molar-refractivity contribution in [2.75, 3.05) is 24.6 Å². The number of fused-ring (bicyclic) bond motifs is 1. The van der Waals surface area contributed by atoms with Gasteiger partial charge in [0.1, 0.15) is 28.9 Å². The number of anilines is 1. The van der Waals surface area contributed by atoms with Crippen LogP contribution in [0.15, 0.2) is 36.7 Å². The van der Waals surface area contributed by atoms with Gasteiger partial charge in [-0.15, -0.1) is 0 Å². The van der Waals surface area contributed by atoms with Crippen molar-refractivity contribution in [2.45, 2.75) is 20.0 Å². The molecule has 9 heteroatoms. The van der Waals surface area contributed by atoms with Crippen molar-refractivity contribution < 1.29 is 9.13 Å². The van der Waals surface area contributed by atoms with E-state index in [0.717, 1.165) is 17.0 Å². The predicted octanol–water partition coefficient (Wildman–Crippen LogP) is 4.41. The van der Waals surface area contributed by atoms with Gasteiger partial charge in [-0.1, -0.05) is 11.6 Å². The summed E-state index contributed by atoms with van der Waals surface area (Å²) in [7, 11) is 1.88. The van der Waals surface area contributed by atoms with Gasteiger partial charge in [0, 0.05) is 48.5 Å². The van der Waals surface area contributed by atoms with Gasteiger partial charge in [-0.05, 0) is 32.0 Å². The van der Waals surface area contributed by atoms with E-state index in [2.05, 4.69) is 15.0 Å². The molecule has 0 amide bonds. The first-order valence-corrected chi connectivity index (χ1v) is 10.7. The fourth-order valence-electron chi connectivity index (χ4n) is 3.91. The molecule has 4 aromatic rings. The average Bonchev–Trinajstić information content (AvgIpc) is 3.21. The van der Waals surface area contributed by atoms with Crippen LogP contribution in [0.2, 0.25) is 5.02 Å². The molecular weight excluding hydrogens is 431 g/mol. The van der Waals surface area contributed by atoms with Crippen molar-refractivity contribution in [3.05, 3.63) is 64.5 Å². The van der Waals surface area contributed by atoms with E-state index in [4.69, 9.17) is 26.3 Å². The molecule has 4 heterocycles. The van der Waals surface area contributed by atoms with Crippen molar-refractivity contribution in [1.29, 1.82) is 0 Å². The second kappa shape index (κ2) is 8.11. The van der Waals surface area contributed by atoms with Gasteiger partial charge < -0.3 is 9.64 Å². The van der Waals surface area contributed by atoms with Gasteiger partial charge in [-0.25, -0.2) is 19.3 Å². The molecule has 0 spiro atoms. The zero-order valence-corrected chi connectivity index (χ0v) is 18.8. The fraction of sp³-hybridized carbons (Fsp3) is 0.304. The highest BCUT2D eigenvalue weighted by atomic mass is 35.5. The highest BCUT2D eigenvalue weighted by molar-refractivity contribution is 6.30. The van der Waals surface area contributed by atoms with Gasteiger partial charge in [0.2, 0.25) is 0 Å². The minimum Gasteiger partial charge on any atom is -0.370 e. The Morgan fingerprint density at radius 2 is 1.94 bits per heavy atom. The largest absolute Gasteiger partial charge is 0.370 e. The molecule has 32 heavy (non-hydrogen) atoms. The lowest BCUT2D eigenvalue weighted by Gasteiger charge is -2.33. The molecule has 0 aliphatic carbocycles. The van der Waals surface area contributed by atoms with Crippen LogP contribution in [0, 0.1) is 19.7 Å². The first kappa shape index (κ1) is 20.8. The van der Waals surface area contributed by atoms with Crippen LogP contribution in [-0.4, -0.2) is 44.4 Å². The summed E-state index contributed by atoms with van der Waals surface area (Å²) in [5.41, 5.74) is 4.65. The Morgan fingerprint density at radius 1 is 1.12 bits per heavy atom. The number of hydrogen-bond acceptors (Lipinski definition) is 6. The third-order valence-corrected chi connectivity index (χ3v) is 5.96. The van der Waals surface area contributed by atoms with E-state index >= 15 is 0 Å². The van der Waals surface area contributed by atoms with E-state index in [0.29, 0.717) is 52.8 Å². The third-order valence-electron chi connectivity index (χ3n) is 5.72. The maximum absolute atomic E-state index is 14.9. The van der Waals surface area contributed by atoms with Gasteiger partial charge in [-0.3, -0.25) is 4.68 Å². The summed E-state index contributed by atoms with van der Waals surface area (Å²) in [5.74, 6) is 0.260. The van der Waals surface area contributed by atoms with Crippen LogP contribution in [0.5, 0.6) is 0 Å². The molecule has 1 fully saturated rings. The monoisotopic (exact) mass is 452 g/mol. The van der Waals surface area contributed by atoms with Crippen LogP contribution in [0.4, 0.5) is 10.2 Å². The molecule has 0 N–H and O–H groups in total. The SMILES string of the molecule is Cc1nc2cc(N3CCO[C@H](c4cnn(C)c4)C3)nc(-c3ccc(Cl)cc3F)c2nc1C. The quantitative estimate of drug-likeness (QED) is 0.458. The number of ether oxygens (including phenoxy) is 1. The highest BCUT2D eigenvalue weighted by Gasteiger charge is 2.26. The number of morpholine rings is 1. The summed E-state index contributed by atoms with van der Waals surface area (Å²) >= 11 is 5.98. The van der Waals surface area contributed by atoms with E-state index in [-0.39, 0.29) is 6.10 Å². The number of rotatable bonds is 3. The molecule has 0 saturated carbocycles. The molecule has 1 atom stereocenters. The second-order valence-corrected chi connectivity index (χ2v) is 8.40. The lowest BCUT2D eigenvalue weighted by atomic mass is 10.1. The molecule has 0 unspecified atom stereocenters. The van der Waals surface area contributed by atoms with Crippen molar-refractivity contribution in [1.82, 2.24) is 24.7 Å².